The van der Waals surface area contributed by atoms with Crippen LogP contribution in [0.5, 0.6) is 0 Å². The third kappa shape index (κ3) is 3.35. The minimum atomic E-state index is -0.170. The van der Waals surface area contributed by atoms with E-state index in [4.69, 9.17) is 0 Å². The Bertz CT molecular complexity index is 1490. The second kappa shape index (κ2) is 7.85. The zero-order valence-corrected chi connectivity index (χ0v) is 19.2. The van der Waals surface area contributed by atoms with Crippen molar-refractivity contribution in [1.82, 2.24) is 0 Å². The van der Waals surface area contributed by atoms with Crippen molar-refractivity contribution in [3.8, 4) is 11.1 Å². The van der Waals surface area contributed by atoms with E-state index in [1.807, 2.05) is 12.1 Å². The first-order chi connectivity index (χ1) is 16.1. The van der Waals surface area contributed by atoms with Crippen LogP contribution in [0.15, 0.2) is 84.9 Å². The van der Waals surface area contributed by atoms with Gasteiger partial charge in [0.15, 0.2) is 0 Å². The van der Waals surface area contributed by atoms with E-state index in [-0.39, 0.29) is 5.82 Å². The summed E-state index contributed by atoms with van der Waals surface area (Å²) in [5.41, 5.74) is 9.28. The average molecular weight is 431 g/mol. The van der Waals surface area contributed by atoms with Gasteiger partial charge in [-0.1, -0.05) is 78.4 Å². The van der Waals surface area contributed by atoms with Crippen molar-refractivity contribution < 1.29 is 4.39 Å². The van der Waals surface area contributed by atoms with Crippen LogP contribution < -0.4 is 0 Å². The Balaban J connectivity index is 1.74. The van der Waals surface area contributed by atoms with Gasteiger partial charge in [0.2, 0.25) is 0 Å². The molecule has 6 rings (SSSR count). The van der Waals surface area contributed by atoms with Gasteiger partial charge in [0, 0.05) is 5.92 Å². The Morgan fingerprint density at radius 2 is 1.52 bits per heavy atom. The molecule has 0 aromatic heterocycles. The fourth-order valence-corrected chi connectivity index (χ4v) is 5.95. The van der Waals surface area contributed by atoms with Crippen molar-refractivity contribution in [2.45, 2.75) is 39.0 Å². The monoisotopic (exact) mass is 430 g/mol. The van der Waals surface area contributed by atoms with Crippen LogP contribution >= 0.6 is 0 Å². The third-order valence-electron chi connectivity index (χ3n) is 7.36. The van der Waals surface area contributed by atoms with Crippen molar-refractivity contribution in [2.75, 3.05) is 0 Å². The van der Waals surface area contributed by atoms with Crippen LogP contribution in [0.1, 0.15) is 46.6 Å². The number of halogens is 1. The van der Waals surface area contributed by atoms with E-state index in [1.54, 1.807) is 12.1 Å². The van der Waals surface area contributed by atoms with Crippen molar-refractivity contribution in [3.63, 3.8) is 0 Å². The molecule has 5 aromatic rings. The molecule has 0 nitrogen and oxygen atoms in total. The lowest BCUT2D eigenvalue weighted by Crippen LogP contribution is -2.12. The van der Waals surface area contributed by atoms with E-state index < -0.39 is 0 Å². The highest BCUT2D eigenvalue weighted by Gasteiger charge is 2.26. The molecule has 0 heterocycles. The van der Waals surface area contributed by atoms with Gasteiger partial charge in [-0.3, -0.25) is 0 Å². The molecule has 0 saturated heterocycles. The summed E-state index contributed by atoms with van der Waals surface area (Å²) in [6, 6.07) is 29.7. The molecule has 0 saturated carbocycles. The fraction of sp³-hybridized carbons (Fsp3) is 0.188. The Morgan fingerprint density at radius 3 is 2.30 bits per heavy atom. The molecule has 1 heteroatoms. The van der Waals surface area contributed by atoms with Gasteiger partial charge in [-0.05, 0) is 100 Å². The predicted octanol–water partition coefficient (Wildman–Crippen LogP) is 8.88. The van der Waals surface area contributed by atoms with Crippen LogP contribution in [0, 0.1) is 19.7 Å². The molecule has 0 bridgehead atoms. The number of hydrogen-bond donors (Lipinski definition) is 0. The minimum Gasteiger partial charge on any atom is -0.207 e. The molecule has 1 aliphatic carbocycles. The molecular formula is C32H27F. The van der Waals surface area contributed by atoms with Crippen LogP contribution in [0.3, 0.4) is 0 Å². The zero-order valence-electron chi connectivity index (χ0n) is 19.2. The summed E-state index contributed by atoms with van der Waals surface area (Å²) in [6.07, 6.45) is 3.34. The van der Waals surface area contributed by atoms with Gasteiger partial charge < -0.3 is 0 Å². The summed E-state index contributed by atoms with van der Waals surface area (Å²) in [7, 11) is 0. The lowest BCUT2D eigenvalue weighted by Gasteiger charge is -2.29. The van der Waals surface area contributed by atoms with Gasteiger partial charge in [0.1, 0.15) is 5.82 Å². The van der Waals surface area contributed by atoms with Gasteiger partial charge in [-0.2, -0.15) is 0 Å². The smallest absolute Gasteiger partial charge is 0.123 e. The Morgan fingerprint density at radius 1 is 0.758 bits per heavy atom. The zero-order chi connectivity index (χ0) is 22.5. The lowest BCUT2D eigenvalue weighted by atomic mass is 9.74. The Labute approximate surface area is 194 Å². The fourth-order valence-electron chi connectivity index (χ4n) is 5.95. The van der Waals surface area contributed by atoms with Crippen LogP contribution in [0.2, 0.25) is 0 Å². The highest BCUT2D eigenvalue weighted by atomic mass is 19.1. The van der Waals surface area contributed by atoms with E-state index >= 15 is 0 Å². The van der Waals surface area contributed by atoms with Crippen LogP contribution in [0.25, 0.3) is 32.7 Å². The normalized spacial score (nSPS) is 15.7. The van der Waals surface area contributed by atoms with Crippen LogP contribution in [-0.4, -0.2) is 0 Å². The summed E-state index contributed by atoms with van der Waals surface area (Å²) < 4.78 is 13.7. The number of aryl methyl sites for hydroxylation is 3. The number of rotatable bonds is 2. The maximum absolute atomic E-state index is 13.7. The second-order valence-corrected chi connectivity index (χ2v) is 9.52. The molecule has 0 radical (unpaired) electrons. The highest BCUT2D eigenvalue weighted by molar-refractivity contribution is 6.16. The van der Waals surface area contributed by atoms with E-state index in [0.717, 1.165) is 19.3 Å². The molecule has 0 spiro atoms. The van der Waals surface area contributed by atoms with E-state index in [9.17, 15) is 4.39 Å². The van der Waals surface area contributed by atoms with Gasteiger partial charge in [-0.25, -0.2) is 4.39 Å². The first kappa shape index (κ1) is 20.2. The Kier molecular flexibility index (Phi) is 4.80. The molecule has 1 unspecified atom stereocenters. The van der Waals surface area contributed by atoms with Gasteiger partial charge in [0.25, 0.3) is 0 Å². The van der Waals surface area contributed by atoms with Crippen LogP contribution in [0.4, 0.5) is 4.39 Å². The maximum atomic E-state index is 13.7. The molecule has 0 fully saturated rings. The van der Waals surface area contributed by atoms with E-state index in [1.165, 1.54) is 60.5 Å². The van der Waals surface area contributed by atoms with Crippen molar-refractivity contribution in [2.24, 2.45) is 0 Å². The quantitative estimate of drug-likeness (QED) is 0.245. The molecule has 5 aromatic carbocycles. The third-order valence-corrected chi connectivity index (χ3v) is 7.36. The molecule has 0 amide bonds. The van der Waals surface area contributed by atoms with Crippen molar-refractivity contribution >= 4 is 21.5 Å². The molecule has 0 N–H and O–H groups in total. The molecule has 1 aliphatic rings. The largest absolute Gasteiger partial charge is 0.207 e. The maximum Gasteiger partial charge on any atom is 0.123 e. The van der Waals surface area contributed by atoms with E-state index in [2.05, 4.69) is 74.5 Å². The summed E-state index contributed by atoms with van der Waals surface area (Å²) in [5.74, 6) is 0.126. The summed E-state index contributed by atoms with van der Waals surface area (Å²) in [6.45, 7) is 4.40. The summed E-state index contributed by atoms with van der Waals surface area (Å²) in [5, 5.41) is 5.34. The van der Waals surface area contributed by atoms with Crippen molar-refractivity contribution in [1.29, 1.82) is 0 Å². The van der Waals surface area contributed by atoms with Gasteiger partial charge >= 0.3 is 0 Å². The molecule has 0 aliphatic heterocycles. The molecule has 162 valence electrons. The molecule has 1 atom stereocenters. The van der Waals surface area contributed by atoms with Crippen molar-refractivity contribution in [3.05, 3.63) is 119 Å². The first-order valence-electron chi connectivity index (χ1n) is 11.9. The number of hydrogen-bond acceptors (Lipinski definition) is 0. The summed E-state index contributed by atoms with van der Waals surface area (Å²) in [4.78, 5) is 0. The van der Waals surface area contributed by atoms with Crippen LogP contribution in [-0.2, 0) is 6.42 Å². The average Bonchev–Trinajstić information content (AvgIpc) is 2.83. The van der Waals surface area contributed by atoms with Gasteiger partial charge in [-0.15, -0.1) is 0 Å². The second-order valence-electron chi connectivity index (χ2n) is 9.52. The van der Waals surface area contributed by atoms with E-state index in [0.29, 0.717) is 5.92 Å². The highest BCUT2D eigenvalue weighted by Crippen LogP contribution is 2.46. The topological polar surface area (TPSA) is 0 Å². The lowest BCUT2D eigenvalue weighted by molar-refractivity contribution is 0.610. The number of fused-ring (bicyclic) bond motifs is 5. The molecular weight excluding hydrogens is 403 g/mol. The summed E-state index contributed by atoms with van der Waals surface area (Å²) >= 11 is 0. The standard InChI is InChI=1S/C32H27F/c1-20-17-21(2)26-15-16-28-31-24(9-6-10-27(31)23-11-13-25(33)14-12-23)19-29(32(28)30(26)18-20)22-7-4-3-5-8-22/h3-5,7-8,11-19,27H,6,9-10H2,1-2H3. The minimum absolute atomic E-state index is 0.170. The number of benzene rings is 5. The first-order valence-corrected chi connectivity index (χ1v) is 11.9. The Hall–Kier alpha value is -3.45. The van der Waals surface area contributed by atoms with Gasteiger partial charge in [0.05, 0.1) is 0 Å². The SMILES string of the molecule is Cc1cc(C)c2ccc3c4c(cc(-c5ccccc5)c3c2c1)CCCC4c1ccc(F)cc1. The predicted molar refractivity (Wildman–Crippen MR) is 138 cm³/mol. The molecule has 33 heavy (non-hydrogen) atoms.